The molecule has 0 fully saturated rings. The standard InChI is InChI=1S/C21H26N2S/c1-3-15-10-7-11-16(4-2)20(15)23-21(24)22-19-13-12-17-8-5-6-9-18(17)14-19/h5-11,19H,3-4,12-14H2,1-2H3,(H2,22,23,24)/t19-/m0/s1. The van der Waals surface area contributed by atoms with E-state index in [0.29, 0.717) is 6.04 Å². The molecule has 0 amide bonds. The average molecular weight is 339 g/mol. The SMILES string of the molecule is CCc1cccc(CC)c1NC(=S)N[C@H]1CCc2ccccc2C1. The van der Waals surface area contributed by atoms with Crippen molar-refractivity contribution in [3.8, 4) is 0 Å². The summed E-state index contributed by atoms with van der Waals surface area (Å²) < 4.78 is 0. The highest BCUT2D eigenvalue weighted by Crippen LogP contribution is 2.24. The Morgan fingerprint density at radius 3 is 2.33 bits per heavy atom. The zero-order chi connectivity index (χ0) is 16.9. The molecule has 0 aliphatic heterocycles. The minimum Gasteiger partial charge on any atom is -0.359 e. The number of thiocarbonyl (C=S) groups is 1. The first-order valence-corrected chi connectivity index (χ1v) is 9.37. The van der Waals surface area contributed by atoms with E-state index in [-0.39, 0.29) is 0 Å². The molecule has 2 aromatic carbocycles. The smallest absolute Gasteiger partial charge is 0.171 e. The average Bonchev–Trinajstić information content (AvgIpc) is 2.61. The maximum atomic E-state index is 5.61. The molecule has 2 aromatic rings. The Balaban J connectivity index is 1.67. The molecule has 1 aliphatic carbocycles. The van der Waals surface area contributed by atoms with Gasteiger partial charge in [0.15, 0.2) is 5.11 Å². The van der Waals surface area contributed by atoms with E-state index in [1.165, 1.54) is 27.9 Å². The Morgan fingerprint density at radius 2 is 1.67 bits per heavy atom. The molecule has 0 bridgehead atoms. The van der Waals surface area contributed by atoms with E-state index in [1.807, 2.05) is 0 Å². The van der Waals surface area contributed by atoms with Crippen LogP contribution in [-0.2, 0) is 25.7 Å². The fourth-order valence-electron chi connectivity index (χ4n) is 3.56. The van der Waals surface area contributed by atoms with Crippen LogP contribution in [0.2, 0.25) is 0 Å². The van der Waals surface area contributed by atoms with Crippen molar-refractivity contribution in [3.63, 3.8) is 0 Å². The maximum Gasteiger partial charge on any atom is 0.171 e. The van der Waals surface area contributed by atoms with Crippen LogP contribution in [0.1, 0.15) is 42.5 Å². The summed E-state index contributed by atoms with van der Waals surface area (Å²) in [4.78, 5) is 0. The molecular weight excluding hydrogens is 312 g/mol. The lowest BCUT2D eigenvalue weighted by molar-refractivity contribution is 0.531. The predicted molar refractivity (Wildman–Crippen MR) is 107 cm³/mol. The summed E-state index contributed by atoms with van der Waals surface area (Å²) in [5.74, 6) is 0. The van der Waals surface area contributed by atoms with Crippen LogP contribution in [0, 0.1) is 0 Å². The third-order valence-electron chi connectivity index (χ3n) is 4.92. The monoisotopic (exact) mass is 338 g/mol. The van der Waals surface area contributed by atoms with Crippen molar-refractivity contribution in [3.05, 3.63) is 64.7 Å². The number of anilines is 1. The second kappa shape index (κ2) is 7.80. The van der Waals surface area contributed by atoms with Gasteiger partial charge in [-0.3, -0.25) is 0 Å². The molecular formula is C21H26N2S. The van der Waals surface area contributed by atoms with Crippen molar-refractivity contribution in [2.24, 2.45) is 0 Å². The quantitative estimate of drug-likeness (QED) is 0.793. The molecule has 0 saturated carbocycles. The zero-order valence-electron chi connectivity index (χ0n) is 14.6. The number of aryl methyl sites for hydroxylation is 3. The number of nitrogens with one attached hydrogen (secondary N) is 2. The minimum absolute atomic E-state index is 0.416. The molecule has 1 aliphatic rings. The molecule has 0 unspecified atom stereocenters. The number of rotatable bonds is 4. The molecule has 0 saturated heterocycles. The largest absolute Gasteiger partial charge is 0.359 e. The fraction of sp³-hybridized carbons (Fsp3) is 0.381. The number of fused-ring (bicyclic) bond motifs is 1. The summed E-state index contributed by atoms with van der Waals surface area (Å²) >= 11 is 5.61. The molecule has 3 rings (SSSR count). The van der Waals surface area contributed by atoms with Crippen molar-refractivity contribution >= 4 is 23.0 Å². The van der Waals surface area contributed by atoms with Gasteiger partial charge in [-0.05, 0) is 66.6 Å². The minimum atomic E-state index is 0.416. The number of para-hydroxylation sites is 1. The Hall–Kier alpha value is -1.87. The van der Waals surface area contributed by atoms with Crippen LogP contribution in [0.15, 0.2) is 42.5 Å². The molecule has 3 heteroatoms. The summed E-state index contributed by atoms with van der Waals surface area (Å²) in [6.45, 7) is 4.38. The van der Waals surface area contributed by atoms with E-state index < -0.39 is 0 Å². The van der Waals surface area contributed by atoms with Gasteiger partial charge in [-0.15, -0.1) is 0 Å². The second-order valence-electron chi connectivity index (χ2n) is 6.47. The normalized spacial score (nSPS) is 16.3. The van der Waals surface area contributed by atoms with Gasteiger partial charge in [0.2, 0.25) is 0 Å². The van der Waals surface area contributed by atoms with E-state index in [4.69, 9.17) is 12.2 Å². The summed E-state index contributed by atoms with van der Waals surface area (Å²) in [5, 5.41) is 7.75. The van der Waals surface area contributed by atoms with Crippen molar-refractivity contribution in [2.75, 3.05) is 5.32 Å². The molecule has 0 radical (unpaired) electrons. The molecule has 0 heterocycles. The van der Waals surface area contributed by atoms with Gasteiger partial charge in [0.05, 0.1) is 0 Å². The molecule has 2 nitrogen and oxygen atoms in total. The van der Waals surface area contributed by atoms with Gasteiger partial charge in [0.25, 0.3) is 0 Å². The Kier molecular flexibility index (Phi) is 5.52. The highest BCUT2D eigenvalue weighted by Gasteiger charge is 2.19. The lowest BCUT2D eigenvalue weighted by Gasteiger charge is -2.27. The van der Waals surface area contributed by atoms with Crippen LogP contribution in [-0.4, -0.2) is 11.2 Å². The Labute approximate surface area is 150 Å². The summed E-state index contributed by atoms with van der Waals surface area (Å²) in [6.07, 6.45) is 5.33. The van der Waals surface area contributed by atoms with Gasteiger partial charge < -0.3 is 10.6 Å². The van der Waals surface area contributed by atoms with Crippen LogP contribution < -0.4 is 10.6 Å². The molecule has 126 valence electrons. The van der Waals surface area contributed by atoms with Gasteiger partial charge in [0, 0.05) is 11.7 Å². The van der Waals surface area contributed by atoms with Crippen molar-refractivity contribution < 1.29 is 0 Å². The lowest BCUT2D eigenvalue weighted by atomic mass is 9.88. The Bertz CT molecular complexity index is 701. The maximum absolute atomic E-state index is 5.61. The highest BCUT2D eigenvalue weighted by molar-refractivity contribution is 7.80. The van der Waals surface area contributed by atoms with Crippen molar-refractivity contribution in [1.29, 1.82) is 0 Å². The van der Waals surface area contributed by atoms with Crippen LogP contribution in [0.3, 0.4) is 0 Å². The van der Waals surface area contributed by atoms with Gasteiger partial charge in [-0.2, -0.15) is 0 Å². The van der Waals surface area contributed by atoms with Gasteiger partial charge >= 0.3 is 0 Å². The van der Waals surface area contributed by atoms with Gasteiger partial charge in [-0.1, -0.05) is 56.3 Å². The first-order chi connectivity index (χ1) is 11.7. The van der Waals surface area contributed by atoms with Crippen molar-refractivity contribution in [2.45, 2.75) is 52.0 Å². The Morgan fingerprint density at radius 1 is 1.00 bits per heavy atom. The van der Waals surface area contributed by atoms with E-state index in [9.17, 15) is 0 Å². The highest BCUT2D eigenvalue weighted by atomic mass is 32.1. The molecule has 0 aromatic heterocycles. The molecule has 2 N–H and O–H groups in total. The molecule has 24 heavy (non-hydrogen) atoms. The summed E-state index contributed by atoms with van der Waals surface area (Å²) in [7, 11) is 0. The topological polar surface area (TPSA) is 24.1 Å². The summed E-state index contributed by atoms with van der Waals surface area (Å²) in [6, 6.07) is 15.7. The number of benzene rings is 2. The summed E-state index contributed by atoms with van der Waals surface area (Å²) in [5.41, 5.74) is 6.78. The van der Waals surface area contributed by atoms with E-state index >= 15 is 0 Å². The third kappa shape index (κ3) is 3.78. The number of hydrogen-bond acceptors (Lipinski definition) is 1. The van der Waals surface area contributed by atoms with Crippen LogP contribution in [0.5, 0.6) is 0 Å². The molecule has 1 atom stereocenters. The van der Waals surface area contributed by atoms with Gasteiger partial charge in [0.1, 0.15) is 0 Å². The number of hydrogen-bond donors (Lipinski definition) is 2. The van der Waals surface area contributed by atoms with Crippen LogP contribution in [0.4, 0.5) is 5.69 Å². The third-order valence-corrected chi connectivity index (χ3v) is 5.14. The van der Waals surface area contributed by atoms with E-state index in [0.717, 1.165) is 37.2 Å². The van der Waals surface area contributed by atoms with E-state index in [2.05, 4.69) is 66.9 Å². The van der Waals surface area contributed by atoms with Crippen molar-refractivity contribution in [1.82, 2.24) is 5.32 Å². The first kappa shape index (κ1) is 17.0. The predicted octanol–water partition coefficient (Wildman–Crippen LogP) is 4.66. The van der Waals surface area contributed by atoms with Gasteiger partial charge in [-0.25, -0.2) is 0 Å². The molecule has 0 spiro atoms. The van der Waals surface area contributed by atoms with E-state index in [1.54, 1.807) is 0 Å². The van der Waals surface area contributed by atoms with Crippen LogP contribution >= 0.6 is 12.2 Å². The zero-order valence-corrected chi connectivity index (χ0v) is 15.4. The van der Waals surface area contributed by atoms with Crippen LogP contribution in [0.25, 0.3) is 0 Å². The first-order valence-electron chi connectivity index (χ1n) is 8.96. The fourth-order valence-corrected chi connectivity index (χ4v) is 3.83. The lowest BCUT2D eigenvalue weighted by Crippen LogP contribution is -2.41. The second-order valence-corrected chi connectivity index (χ2v) is 6.87.